The van der Waals surface area contributed by atoms with E-state index in [4.69, 9.17) is 11.6 Å². The number of anilines is 1. The minimum Gasteiger partial charge on any atom is -0.386 e. The number of nitrogens with zero attached hydrogens (tertiary/aromatic N) is 4. The molecule has 2 rings (SSSR count). The number of benzene rings is 1. The lowest BCUT2D eigenvalue weighted by Gasteiger charge is -2.30. The average Bonchev–Trinajstić information content (AvgIpc) is 2.80. The van der Waals surface area contributed by atoms with Gasteiger partial charge in [-0.15, -0.1) is 0 Å². The SMILES string of the molecule is CN(CC(C)(O)Cn1cc([N+](=O)[O-])nc1Cl)c1ccccc1. The summed E-state index contributed by atoms with van der Waals surface area (Å²) in [4.78, 5) is 15.6. The van der Waals surface area contributed by atoms with Crippen molar-refractivity contribution in [3.63, 3.8) is 0 Å². The fourth-order valence-corrected chi connectivity index (χ4v) is 2.48. The van der Waals surface area contributed by atoms with E-state index in [9.17, 15) is 15.2 Å². The van der Waals surface area contributed by atoms with Crippen LogP contribution in [0.2, 0.25) is 5.28 Å². The third-order valence-corrected chi connectivity index (χ3v) is 3.49. The molecule has 2 aromatic rings. The number of nitro groups is 1. The zero-order valence-corrected chi connectivity index (χ0v) is 13.1. The second-order valence-electron chi connectivity index (χ2n) is 5.44. The molecule has 0 aliphatic carbocycles. The van der Waals surface area contributed by atoms with E-state index in [-0.39, 0.29) is 17.6 Å². The number of imidazole rings is 1. The zero-order valence-electron chi connectivity index (χ0n) is 12.3. The molecule has 0 aliphatic heterocycles. The number of para-hydroxylation sites is 1. The van der Waals surface area contributed by atoms with Gasteiger partial charge in [0.2, 0.25) is 0 Å². The predicted molar refractivity (Wildman–Crippen MR) is 84.2 cm³/mol. The molecule has 8 heteroatoms. The number of aliphatic hydroxyl groups is 1. The van der Waals surface area contributed by atoms with Crippen molar-refractivity contribution in [2.75, 3.05) is 18.5 Å². The number of likely N-dealkylation sites (N-methyl/N-ethyl adjacent to an activating group) is 1. The lowest BCUT2D eigenvalue weighted by Crippen LogP contribution is -2.42. The Balaban J connectivity index is 2.09. The van der Waals surface area contributed by atoms with Crippen molar-refractivity contribution in [3.05, 3.63) is 51.9 Å². The third kappa shape index (κ3) is 3.96. The average molecular weight is 325 g/mol. The van der Waals surface area contributed by atoms with E-state index in [1.54, 1.807) is 6.92 Å². The molecular weight excluding hydrogens is 308 g/mol. The number of hydrogen-bond acceptors (Lipinski definition) is 5. The fraction of sp³-hybridized carbons (Fsp3) is 0.357. The molecule has 0 fully saturated rings. The topological polar surface area (TPSA) is 84.4 Å². The summed E-state index contributed by atoms with van der Waals surface area (Å²) in [6, 6.07) is 9.61. The van der Waals surface area contributed by atoms with Crippen molar-refractivity contribution in [1.29, 1.82) is 0 Å². The van der Waals surface area contributed by atoms with Crippen molar-refractivity contribution >= 4 is 23.1 Å². The highest BCUT2D eigenvalue weighted by Gasteiger charge is 2.27. The van der Waals surface area contributed by atoms with Crippen molar-refractivity contribution < 1.29 is 10.0 Å². The van der Waals surface area contributed by atoms with Gasteiger partial charge in [-0.05, 0) is 40.6 Å². The first-order chi connectivity index (χ1) is 10.3. The first-order valence-electron chi connectivity index (χ1n) is 6.64. The van der Waals surface area contributed by atoms with E-state index in [1.807, 2.05) is 42.3 Å². The second-order valence-corrected chi connectivity index (χ2v) is 5.78. The molecule has 0 aliphatic rings. The monoisotopic (exact) mass is 324 g/mol. The maximum absolute atomic E-state index is 10.7. The van der Waals surface area contributed by atoms with Crippen LogP contribution >= 0.6 is 11.6 Å². The van der Waals surface area contributed by atoms with E-state index in [2.05, 4.69) is 4.98 Å². The summed E-state index contributed by atoms with van der Waals surface area (Å²) in [7, 11) is 1.86. The van der Waals surface area contributed by atoms with Crippen LogP contribution in [-0.2, 0) is 6.54 Å². The molecule has 118 valence electrons. The highest BCUT2D eigenvalue weighted by molar-refractivity contribution is 6.28. The zero-order chi connectivity index (χ0) is 16.3. The summed E-state index contributed by atoms with van der Waals surface area (Å²) >= 11 is 5.87. The summed E-state index contributed by atoms with van der Waals surface area (Å²) in [6.45, 7) is 2.08. The highest BCUT2D eigenvalue weighted by atomic mass is 35.5. The molecule has 1 atom stereocenters. The molecular formula is C14H17ClN4O3. The normalized spacial score (nSPS) is 13.6. The molecule has 7 nitrogen and oxygen atoms in total. The smallest absolute Gasteiger partial charge is 0.383 e. The lowest BCUT2D eigenvalue weighted by atomic mass is 10.1. The second kappa shape index (κ2) is 6.33. The molecule has 1 unspecified atom stereocenters. The Kier molecular flexibility index (Phi) is 4.68. The van der Waals surface area contributed by atoms with E-state index in [1.165, 1.54) is 10.8 Å². The van der Waals surface area contributed by atoms with Crippen LogP contribution in [-0.4, -0.2) is 38.8 Å². The molecule has 1 heterocycles. The van der Waals surface area contributed by atoms with E-state index >= 15 is 0 Å². The van der Waals surface area contributed by atoms with Crippen LogP contribution in [0.5, 0.6) is 0 Å². The molecule has 22 heavy (non-hydrogen) atoms. The van der Waals surface area contributed by atoms with Gasteiger partial charge in [-0.1, -0.05) is 18.2 Å². The number of halogens is 1. The van der Waals surface area contributed by atoms with E-state index in [0.717, 1.165) is 5.69 Å². The van der Waals surface area contributed by atoms with Crippen molar-refractivity contribution in [2.24, 2.45) is 0 Å². The molecule has 1 aromatic carbocycles. The Morgan fingerprint density at radius 2 is 2.09 bits per heavy atom. The molecule has 0 saturated heterocycles. The van der Waals surface area contributed by atoms with Gasteiger partial charge >= 0.3 is 11.1 Å². The van der Waals surface area contributed by atoms with Crippen LogP contribution in [0, 0.1) is 10.1 Å². The van der Waals surface area contributed by atoms with Gasteiger partial charge in [-0.2, -0.15) is 0 Å². The van der Waals surface area contributed by atoms with Crippen LogP contribution in [0.3, 0.4) is 0 Å². The molecule has 1 aromatic heterocycles. The Bertz CT molecular complexity index is 657. The summed E-state index contributed by atoms with van der Waals surface area (Å²) in [5.74, 6) is -0.336. The number of rotatable bonds is 6. The van der Waals surface area contributed by atoms with Crippen molar-refractivity contribution in [2.45, 2.75) is 19.1 Å². The first-order valence-corrected chi connectivity index (χ1v) is 7.02. The Labute approximate surface area is 132 Å². The predicted octanol–water partition coefficient (Wildman–Crippen LogP) is 2.33. The lowest BCUT2D eigenvalue weighted by molar-refractivity contribution is -0.389. The van der Waals surface area contributed by atoms with Gasteiger partial charge < -0.3 is 20.1 Å². The highest BCUT2D eigenvalue weighted by Crippen LogP contribution is 2.21. The van der Waals surface area contributed by atoms with E-state index < -0.39 is 10.5 Å². The van der Waals surface area contributed by atoms with Gasteiger partial charge in [-0.25, -0.2) is 0 Å². The molecule has 0 amide bonds. The Hall–Kier alpha value is -2.12. The minimum absolute atomic E-state index is 0.0191. The first kappa shape index (κ1) is 16.3. The summed E-state index contributed by atoms with van der Waals surface area (Å²) in [5, 5.41) is 21.2. The van der Waals surface area contributed by atoms with Crippen LogP contribution in [0.15, 0.2) is 36.5 Å². The van der Waals surface area contributed by atoms with Gasteiger partial charge in [0.1, 0.15) is 6.20 Å². The minimum atomic E-state index is -1.14. The summed E-state index contributed by atoms with van der Waals surface area (Å²) in [6.07, 6.45) is 1.22. The van der Waals surface area contributed by atoms with Crippen LogP contribution < -0.4 is 4.90 Å². The van der Waals surface area contributed by atoms with E-state index in [0.29, 0.717) is 6.54 Å². The maximum atomic E-state index is 10.7. The van der Waals surface area contributed by atoms with Crippen LogP contribution in [0.4, 0.5) is 11.5 Å². The van der Waals surface area contributed by atoms with Gasteiger partial charge in [0.15, 0.2) is 0 Å². The van der Waals surface area contributed by atoms with Crippen LogP contribution in [0.1, 0.15) is 6.92 Å². The molecule has 0 bridgehead atoms. The van der Waals surface area contributed by atoms with Gasteiger partial charge in [0.05, 0.1) is 12.1 Å². The molecule has 0 spiro atoms. The van der Waals surface area contributed by atoms with Gasteiger partial charge in [0, 0.05) is 19.3 Å². The Morgan fingerprint density at radius 3 is 2.64 bits per heavy atom. The third-order valence-electron chi connectivity index (χ3n) is 3.19. The van der Waals surface area contributed by atoms with Crippen molar-refractivity contribution in [1.82, 2.24) is 9.55 Å². The van der Waals surface area contributed by atoms with Gasteiger partial charge in [-0.3, -0.25) is 4.57 Å². The van der Waals surface area contributed by atoms with Gasteiger partial charge in [0.25, 0.3) is 0 Å². The molecule has 0 radical (unpaired) electrons. The van der Waals surface area contributed by atoms with Crippen LogP contribution in [0.25, 0.3) is 0 Å². The quantitative estimate of drug-likeness (QED) is 0.651. The summed E-state index contributed by atoms with van der Waals surface area (Å²) < 4.78 is 1.37. The van der Waals surface area contributed by atoms with Crippen molar-refractivity contribution in [3.8, 4) is 0 Å². The molecule has 0 saturated carbocycles. The maximum Gasteiger partial charge on any atom is 0.383 e. The number of hydrogen-bond donors (Lipinski definition) is 1. The summed E-state index contributed by atoms with van der Waals surface area (Å²) in [5.41, 5.74) is -0.173. The molecule has 1 N–H and O–H groups in total. The Morgan fingerprint density at radius 1 is 1.45 bits per heavy atom. The largest absolute Gasteiger partial charge is 0.386 e. The fourth-order valence-electron chi connectivity index (χ4n) is 2.28. The standard InChI is InChI=1S/C14H17ClN4O3/c1-14(20,9-17(2)11-6-4-3-5-7-11)10-18-8-12(19(21)22)16-13(18)15/h3-8,20H,9-10H2,1-2H3. The number of aromatic nitrogens is 2.